The summed E-state index contributed by atoms with van der Waals surface area (Å²) in [5, 5.41) is 8.30. The van der Waals surface area contributed by atoms with Crippen molar-refractivity contribution in [2.45, 2.75) is 19.4 Å². The molecule has 0 saturated heterocycles. The molecule has 138 valence electrons. The number of methoxy groups -OCH3 is 1. The van der Waals surface area contributed by atoms with Gasteiger partial charge in [-0.1, -0.05) is 6.07 Å². The number of hydrogen-bond acceptors (Lipinski definition) is 6. The van der Waals surface area contributed by atoms with Gasteiger partial charge in [-0.05, 0) is 31.5 Å². The minimum absolute atomic E-state index is 0.197. The van der Waals surface area contributed by atoms with Gasteiger partial charge in [-0.3, -0.25) is 9.89 Å². The van der Waals surface area contributed by atoms with E-state index in [4.69, 9.17) is 15.2 Å². The van der Waals surface area contributed by atoms with Crippen LogP contribution in [-0.2, 0) is 16.0 Å². The van der Waals surface area contributed by atoms with E-state index in [-0.39, 0.29) is 5.56 Å². The predicted octanol–water partition coefficient (Wildman–Crippen LogP) is 1.42. The van der Waals surface area contributed by atoms with Gasteiger partial charge in [0.05, 0.1) is 31.0 Å². The Morgan fingerprint density at radius 1 is 1.27 bits per heavy atom. The number of aromatic amines is 1. The van der Waals surface area contributed by atoms with E-state index in [1.54, 1.807) is 29.0 Å². The number of unbranched alkanes of at least 4 members (excludes halogenated alkanes) is 1. The molecule has 26 heavy (non-hydrogen) atoms. The Morgan fingerprint density at radius 2 is 2.12 bits per heavy atom. The summed E-state index contributed by atoms with van der Waals surface area (Å²) < 4.78 is 12.0. The van der Waals surface area contributed by atoms with Crippen LogP contribution in [0.2, 0.25) is 0 Å². The smallest absolute Gasteiger partial charge is 0.337 e. The average Bonchev–Trinajstić information content (AvgIpc) is 3.16. The molecule has 0 radical (unpaired) electrons. The second-order valence-corrected chi connectivity index (χ2v) is 5.95. The molecular formula is C18H22N4O4. The number of esters is 1. The Balaban J connectivity index is 1.98. The highest BCUT2D eigenvalue weighted by atomic mass is 16.5. The fourth-order valence-corrected chi connectivity index (χ4v) is 2.95. The number of fused-ring (bicyclic) bond motifs is 3. The molecule has 3 rings (SSSR count). The molecule has 0 fully saturated rings. The van der Waals surface area contributed by atoms with Crippen molar-refractivity contribution in [1.29, 1.82) is 0 Å². The van der Waals surface area contributed by atoms with Crippen molar-refractivity contribution in [1.82, 2.24) is 14.8 Å². The first-order chi connectivity index (χ1) is 12.7. The number of nitrogens with two attached hydrogens (primary N) is 1. The molecule has 0 aliphatic carbocycles. The van der Waals surface area contributed by atoms with Crippen molar-refractivity contribution in [3.63, 3.8) is 0 Å². The summed E-state index contributed by atoms with van der Waals surface area (Å²) in [5.41, 5.74) is 6.74. The largest absolute Gasteiger partial charge is 0.465 e. The van der Waals surface area contributed by atoms with Crippen molar-refractivity contribution in [3.05, 3.63) is 40.3 Å². The number of benzene rings is 1. The van der Waals surface area contributed by atoms with E-state index >= 15 is 0 Å². The van der Waals surface area contributed by atoms with Gasteiger partial charge in [-0.2, -0.15) is 5.10 Å². The zero-order valence-corrected chi connectivity index (χ0v) is 14.7. The molecule has 0 atom stereocenters. The maximum atomic E-state index is 12.8. The Bertz CT molecular complexity index is 976. The third kappa shape index (κ3) is 3.47. The average molecular weight is 358 g/mol. The van der Waals surface area contributed by atoms with Gasteiger partial charge in [0.25, 0.3) is 5.56 Å². The second kappa shape index (κ2) is 8.11. The zero-order valence-electron chi connectivity index (χ0n) is 14.7. The summed E-state index contributed by atoms with van der Waals surface area (Å²) in [6.07, 6.45) is 3.41. The molecule has 3 N–H and O–H groups in total. The van der Waals surface area contributed by atoms with Crippen LogP contribution in [0.4, 0.5) is 0 Å². The fourth-order valence-electron chi connectivity index (χ4n) is 2.95. The summed E-state index contributed by atoms with van der Waals surface area (Å²) in [4.78, 5) is 24.7. The third-order valence-corrected chi connectivity index (χ3v) is 4.30. The third-order valence-electron chi connectivity index (χ3n) is 4.30. The van der Waals surface area contributed by atoms with Crippen molar-refractivity contribution in [2.75, 3.05) is 26.9 Å². The lowest BCUT2D eigenvalue weighted by atomic mass is 10.1. The standard InChI is InChI=1S/C18H22N4O4/c1-25-18(24)12-4-5-13-14-11-20-21-16(14)17(23)22(15(13)10-12)7-9-26-8-3-2-6-19/h4-5,10-11H,2-3,6-9,19H2,1H3,(H,20,21). The van der Waals surface area contributed by atoms with Crippen LogP contribution in [0, 0.1) is 0 Å². The Kier molecular flexibility index (Phi) is 5.65. The predicted molar refractivity (Wildman–Crippen MR) is 98.3 cm³/mol. The van der Waals surface area contributed by atoms with Crippen LogP contribution in [0.15, 0.2) is 29.2 Å². The number of hydrogen-bond donors (Lipinski definition) is 2. The monoisotopic (exact) mass is 358 g/mol. The Hall–Kier alpha value is -2.71. The normalized spacial score (nSPS) is 11.3. The lowest BCUT2D eigenvalue weighted by Crippen LogP contribution is -2.23. The first-order valence-electron chi connectivity index (χ1n) is 8.53. The zero-order chi connectivity index (χ0) is 18.5. The number of nitrogens with zero attached hydrogens (tertiary/aromatic N) is 2. The number of ether oxygens (including phenoxy) is 2. The van der Waals surface area contributed by atoms with Gasteiger partial charge in [0.2, 0.25) is 0 Å². The number of pyridine rings is 1. The molecule has 0 unspecified atom stereocenters. The number of carbonyl (C=O) groups is 1. The molecule has 8 nitrogen and oxygen atoms in total. The minimum Gasteiger partial charge on any atom is -0.465 e. The lowest BCUT2D eigenvalue weighted by Gasteiger charge is -2.12. The molecule has 3 aromatic rings. The molecule has 0 aliphatic rings. The summed E-state index contributed by atoms with van der Waals surface area (Å²) in [6.45, 7) is 2.00. The molecule has 0 spiro atoms. The maximum absolute atomic E-state index is 12.8. The molecule has 1 aromatic carbocycles. The van der Waals surface area contributed by atoms with Gasteiger partial charge in [0.1, 0.15) is 5.52 Å². The number of rotatable bonds is 8. The maximum Gasteiger partial charge on any atom is 0.337 e. The first kappa shape index (κ1) is 18.1. The quantitative estimate of drug-likeness (QED) is 0.465. The number of aromatic nitrogens is 3. The van der Waals surface area contributed by atoms with Gasteiger partial charge < -0.3 is 19.8 Å². The highest BCUT2D eigenvalue weighted by Crippen LogP contribution is 2.23. The highest BCUT2D eigenvalue weighted by Gasteiger charge is 2.15. The van der Waals surface area contributed by atoms with Gasteiger partial charge >= 0.3 is 5.97 Å². The Morgan fingerprint density at radius 3 is 2.88 bits per heavy atom. The molecule has 0 bridgehead atoms. The summed E-state index contributed by atoms with van der Waals surface area (Å²) in [7, 11) is 1.33. The number of H-pyrrole nitrogens is 1. The number of carbonyl (C=O) groups excluding carboxylic acids is 1. The fraction of sp³-hybridized carbons (Fsp3) is 0.389. The first-order valence-corrected chi connectivity index (χ1v) is 8.53. The molecule has 0 amide bonds. The molecule has 2 heterocycles. The van der Waals surface area contributed by atoms with E-state index in [1.165, 1.54) is 7.11 Å². The van der Waals surface area contributed by atoms with Crippen LogP contribution in [0.25, 0.3) is 21.8 Å². The molecular weight excluding hydrogens is 336 g/mol. The van der Waals surface area contributed by atoms with Gasteiger partial charge in [0.15, 0.2) is 0 Å². The highest BCUT2D eigenvalue weighted by molar-refractivity contribution is 6.06. The molecule has 2 aromatic heterocycles. The van der Waals surface area contributed by atoms with Crippen LogP contribution in [0.3, 0.4) is 0 Å². The minimum atomic E-state index is -0.448. The van der Waals surface area contributed by atoms with Gasteiger partial charge in [-0.15, -0.1) is 0 Å². The number of nitrogens with one attached hydrogen (secondary N) is 1. The van der Waals surface area contributed by atoms with Crippen LogP contribution in [-0.4, -0.2) is 47.6 Å². The van der Waals surface area contributed by atoms with Crippen molar-refractivity contribution >= 4 is 27.8 Å². The summed E-state index contributed by atoms with van der Waals surface area (Å²) >= 11 is 0. The van der Waals surface area contributed by atoms with Gasteiger partial charge in [0, 0.05) is 23.9 Å². The summed E-state index contributed by atoms with van der Waals surface area (Å²) in [6, 6.07) is 5.15. The van der Waals surface area contributed by atoms with E-state index in [2.05, 4.69) is 10.2 Å². The van der Waals surface area contributed by atoms with Crippen LogP contribution >= 0.6 is 0 Å². The lowest BCUT2D eigenvalue weighted by molar-refractivity contribution is 0.0601. The van der Waals surface area contributed by atoms with Crippen molar-refractivity contribution in [3.8, 4) is 0 Å². The Labute approximate surface area is 149 Å². The SMILES string of the molecule is COC(=O)c1ccc2c3cn[nH]c3c(=O)n(CCOCCCCN)c2c1. The van der Waals surface area contributed by atoms with E-state index in [1.807, 2.05) is 0 Å². The van der Waals surface area contributed by atoms with Crippen LogP contribution < -0.4 is 11.3 Å². The van der Waals surface area contributed by atoms with E-state index in [0.29, 0.717) is 42.9 Å². The van der Waals surface area contributed by atoms with E-state index < -0.39 is 5.97 Å². The van der Waals surface area contributed by atoms with Crippen LogP contribution in [0.5, 0.6) is 0 Å². The summed E-state index contributed by atoms with van der Waals surface area (Å²) in [5.74, 6) is -0.448. The van der Waals surface area contributed by atoms with Crippen molar-refractivity contribution in [2.24, 2.45) is 5.73 Å². The van der Waals surface area contributed by atoms with Crippen molar-refractivity contribution < 1.29 is 14.3 Å². The molecule has 0 saturated carbocycles. The second-order valence-electron chi connectivity index (χ2n) is 5.95. The van der Waals surface area contributed by atoms with Crippen LogP contribution in [0.1, 0.15) is 23.2 Å². The topological polar surface area (TPSA) is 112 Å². The van der Waals surface area contributed by atoms with E-state index in [9.17, 15) is 9.59 Å². The molecule has 8 heteroatoms. The van der Waals surface area contributed by atoms with Gasteiger partial charge in [-0.25, -0.2) is 4.79 Å². The molecule has 0 aliphatic heterocycles. The van der Waals surface area contributed by atoms with E-state index in [0.717, 1.165) is 23.6 Å².